The van der Waals surface area contributed by atoms with Gasteiger partial charge in [0, 0.05) is 25.6 Å². The molecule has 1 aromatic rings. The van der Waals surface area contributed by atoms with Crippen molar-refractivity contribution in [2.24, 2.45) is 7.05 Å². The van der Waals surface area contributed by atoms with Gasteiger partial charge in [-0.15, -0.1) is 0 Å². The van der Waals surface area contributed by atoms with E-state index < -0.39 is 0 Å². The second kappa shape index (κ2) is 5.33. The van der Waals surface area contributed by atoms with Gasteiger partial charge in [-0.2, -0.15) is 5.10 Å². The Hall–Kier alpha value is -1.65. The minimum atomic E-state index is -0.0886. The summed E-state index contributed by atoms with van der Waals surface area (Å²) in [6.07, 6.45) is 3.86. The van der Waals surface area contributed by atoms with Crippen molar-refractivity contribution in [3.05, 3.63) is 27.7 Å². The summed E-state index contributed by atoms with van der Waals surface area (Å²) in [7, 11) is 1.66. The highest BCUT2D eigenvalue weighted by Gasteiger charge is 2.21. The zero-order valence-corrected chi connectivity index (χ0v) is 10.9. The lowest BCUT2D eigenvalue weighted by Gasteiger charge is -2.24. The lowest BCUT2D eigenvalue weighted by Crippen LogP contribution is -2.40. The molecule has 5 heteroatoms. The molecule has 98 valence electrons. The third-order valence-electron chi connectivity index (χ3n) is 3.30. The van der Waals surface area contributed by atoms with Gasteiger partial charge >= 0.3 is 0 Å². The molecule has 1 amide bonds. The number of aromatic nitrogens is 2. The Morgan fingerprint density at radius 1 is 1.61 bits per heavy atom. The van der Waals surface area contributed by atoms with Crippen molar-refractivity contribution < 1.29 is 4.79 Å². The molecular weight excluding hydrogens is 230 g/mol. The van der Waals surface area contributed by atoms with Crippen LogP contribution >= 0.6 is 0 Å². The number of fused-ring (bicyclic) bond motifs is 1. The first kappa shape index (κ1) is 12.8. The van der Waals surface area contributed by atoms with E-state index in [1.165, 1.54) is 4.68 Å². The number of hydrogen-bond acceptors (Lipinski definition) is 3. The molecule has 1 N–H and O–H groups in total. The number of nitrogens with one attached hydrogen (secondary N) is 1. The van der Waals surface area contributed by atoms with Crippen LogP contribution in [-0.2, 0) is 24.7 Å². The van der Waals surface area contributed by atoms with Gasteiger partial charge in [0.25, 0.3) is 5.56 Å². The maximum absolute atomic E-state index is 11.6. The van der Waals surface area contributed by atoms with Gasteiger partial charge in [0.15, 0.2) is 0 Å². The topological polar surface area (TPSA) is 64.0 Å². The summed E-state index contributed by atoms with van der Waals surface area (Å²) in [6.45, 7) is 1.99. The normalized spacial score (nSPS) is 18.2. The van der Waals surface area contributed by atoms with Crippen LogP contribution in [0.4, 0.5) is 0 Å². The molecule has 0 spiro atoms. The average Bonchev–Trinajstić information content (AvgIpc) is 2.31. The summed E-state index contributed by atoms with van der Waals surface area (Å²) in [5.74, 6) is 0.0998. The monoisotopic (exact) mass is 249 g/mol. The minimum absolute atomic E-state index is 0.0886. The second-order valence-electron chi connectivity index (χ2n) is 4.84. The first-order valence-electron chi connectivity index (χ1n) is 6.45. The fraction of sp³-hybridized carbons (Fsp3) is 0.615. The molecule has 0 radical (unpaired) electrons. The largest absolute Gasteiger partial charge is 0.353 e. The Bertz CT molecular complexity index is 507. The third kappa shape index (κ3) is 2.78. The number of amides is 1. The van der Waals surface area contributed by atoms with Crippen LogP contribution in [0, 0.1) is 0 Å². The first-order chi connectivity index (χ1) is 8.60. The summed E-state index contributed by atoms with van der Waals surface area (Å²) in [4.78, 5) is 23.1. The van der Waals surface area contributed by atoms with E-state index in [0.29, 0.717) is 12.8 Å². The van der Waals surface area contributed by atoms with Crippen LogP contribution in [-0.4, -0.2) is 21.7 Å². The Morgan fingerprint density at radius 3 is 3.11 bits per heavy atom. The smallest absolute Gasteiger partial charge is 0.266 e. The van der Waals surface area contributed by atoms with Crippen LogP contribution in [0.25, 0.3) is 0 Å². The SMILES string of the molecule is CCCC(=O)NC1CCc2nn(C)c(=O)cc2C1. The van der Waals surface area contributed by atoms with Gasteiger partial charge in [-0.05, 0) is 31.2 Å². The standard InChI is InChI=1S/C13H19N3O2/c1-3-4-12(17)14-10-5-6-11-9(7-10)8-13(18)16(2)15-11/h8,10H,3-7H2,1-2H3,(H,14,17). The van der Waals surface area contributed by atoms with Gasteiger partial charge in [0.1, 0.15) is 0 Å². The molecule has 0 saturated carbocycles. The van der Waals surface area contributed by atoms with Crippen LogP contribution in [0.3, 0.4) is 0 Å². The first-order valence-corrected chi connectivity index (χ1v) is 6.45. The van der Waals surface area contributed by atoms with Crippen molar-refractivity contribution in [2.75, 3.05) is 0 Å². The van der Waals surface area contributed by atoms with E-state index in [4.69, 9.17) is 0 Å². The van der Waals surface area contributed by atoms with Gasteiger partial charge < -0.3 is 5.32 Å². The van der Waals surface area contributed by atoms with E-state index in [0.717, 1.165) is 30.5 Å². The molecule has 0 aliphatic heterocycles. The summed E-state index contributed by atoms with van der Waals surface area (Å²) < 4.78 is 1.37. The van der Waals surface area contributed by atoms with Crippen LogP contribution in [0.15, 0.2) is 10.9 Å². The van der Waals surface area contributed by atoms with E-state index in [2.05, 4.69) is 10.4 Å². The number of carbonyl (C=O) groups excluding carboxylic acids is 1. The van der Waals surface area contributed by atoms with Crippen molar-refractivity contribution in [3.63, 3.8) is 0 Å². The minimum Gasteiger partial charge on any atom is -0.353 e. The third-order valence-corrected chi connectivity index (χ3v) is 3.30. The molecule has 1 atom stereocenters. The molecule has 0 aromatic carbocycles. The van der Waals surface area contributed by atoms with E-state index >= 15 is 0 Å². The number of aryl methyl sites for hydroxylation is 2. The maximum Gasteiger partial charge on any atom is 0.266 e. The Balaban J connectivity index is 2.08. The number of carbonyl (C=O) groups is 1. The van der Waals surface area contributed by atoms with Crippen LogP contribution in [0.1, 0.15) is 37.4 Å². The second-order valence-corrected chi connectivity index (χ2v) is 4.84. The van der Waals surface area contributed by atoms with Crippen molar-refractivity contribution in [3.8, 4) is 0 Å². The summed E-state index contributed by atoms with van der Waals surface area (Å²) in [5.41, 5.74) is 1.87. The predicted molar refractivity (Wildman–Crippen MR) is 68.3 cm³/mol. The van der Waals surface area contributed by atoms with E-state index in [9.17, 15) is 9.59 Å². The van der Waals surface area contributed by atoms with Gasteiger partial charge in [-0.3, -0.25) is 9.59 Å². The van der Waals surface area contributed by atoms with Gasteiger partial charge in [-0.1, -0.05) is 6.92 Å². The zero-order chi connectivity index (χ0) is 13.1. The molecule has 18 heavy (non-hydrogen) atoms. The summed E-state index contributed by atoms with van der Waals surface area (Å²) >= 11 is 0. The van der Waals surface area contributed by atoms with Crippen molar-refractivity contribution in [1.82, 2.24) is 15.1 Å². The number of hydrogen-bond donors (Lipinski definition) is 1. The molecule has 0 saturated heterocycles. The molecule has 0 bridgehead atoms. The van der Waals surface area contributed by atoms with Crippen LogP contribution in [0.2, 0.25) is 0 Å². The Morgan fingerprint density at radius 2 is 2.39 bits per heavy atom. The molecule has 1 aliphatic rings. The molecule has 1 aliphatic carbocycles. The van der Waals surface area contributed by atoms with Gasteiger partial charge in [-0.25, -0.2) is 4.68 Å². The molecule has 1 aromatic heterocycles. The molecular formula is C13H19N3O2. The Labute approximate surface area is 106 Å². The van der Waals surface area contributed by atoms with Crippen LogP contribution in [0.5, 0.6) is 0 Å². The Kier molecular flexibility index (Phi) is 3.79. The molecule has 2 rings (SSSR count). The highest BCUT2D eigenvalue weighted by molar-refractivity contribution is 5.76. The fourth-order valence-electron chi connectivity index (χ4n) is 2.34. The van der Waals surface area contributed by atoms with E-state index in [1.807, 2.05) is 6.92 Å². The molecule has 1 unspecified atom stereocenters. The molecule has 5 nitrogen and oxygen atoms in total. The molecule has 0 fully saturated rings. The summed E-state index contributed by atoms with van der Waals surface area (Å²) in [6, 6.07) is 1.78. The number of nitrogens with zero attached hydrogens (tertiary/aromatic N) is 2. The highest BCUT2D eigenvalue weighted by Crippen LogP contribution is 2.17. The quantitative estimate of drug-likeness (QED) is 0.851. The van der Waals surface area contributed by atoms with Gasteiger partial charge in [0.2, 0.25) is 5.91 Å². The van der Waals surface area contributed by atoms with Crippen molar-refractivity contribution >= 4 is 5.91 Å². The maximum atomic E-state index is 11.6. The summed E-state index contributed by atoms with van der Waals surface area (Å²) in [5, 5.41) is 7.27. The van der Waals surface area contributed by atoms with Crippen LogP contribution < -0.4 is 10.9 Å². The lowest BCUT2D eigenvalue weighted by molar-refractivity contribution is -0.121. The van der Waals surface area contributed by atoms with E-state index in [1.54, 1.807) is 13.1 Å². The predicted octanol–water partition coefficient (Wildman–Crippen LogP) is 0.554. The molecule has 1 heterocycles. The van der Waals surface area contributed by atoms with E-state index in [-0.39, 0.29) is 17.5 Å². The van der Waals surface area contributed by atoms with Crippen molar-refractivity contribution in [1.29, 1.82) is 0 Å². The number of rotatable bonds is 3. The lowest BCUT2D eigenvalue weighted by atomic mass is 9.92. The highest BCUT2D eigenvalue weighted by atomic mass is 16.1. The zero-order valence-electron chi connectivity index (χ0n) is 10.9. The fourth-order valence-corrected chi connectivity index (χ4v) is 2.34. The van der Waals surface area contributed by atoms with Crippen molar-refractivity contribution in [2.45, 2.75) is 45.1 Å². The van der Waals surface area contributed by atoms with Gasteiger partial charge in [0.05, 0.1) is 5.69 Å². The average molecular weight is 249 g/mol.